The van der Waals surface area contributed by atoms with Gasteiger partial charge in [-0.25, -0.2) is 61.3 Å². The van der Waals surface area contributed by atoms with Crippen molar-refractivity contribution in [1.29, 1.82) is 0 Å². The molecule has 0 unspecified atom stereocenters. The predicted octanol–water partition coefficient (Wildman–Crippen LogP) is 10.7. The third-order valence-electron chi connectivity index (χ3n) is 12.6. The number of rotatable bonds is 14. The molecule has 4 aromatic heterocycles. The van der Waals surface area contributed by atoms with E-state index in [0.29, 0.717) is 53.2 Å². The third-order valence-corrected chi connectivity index (χ3v) is 16.0. The molecule has 0 spiro atoms. The molecule has 11 rings (SSSR count). The number of esters is 3. The molecule has 0 saturated carbocycles. The molecule has 2 atom stereocenters. The Hall–Kier alpha value is -7.75. The number of aromatic nitrogens is 5. The Kier molecular flexibility index (Phi) is 23.4. The summed E-state index contributed by atoms with van der Waals surface area (Å²) in [6.07, 6.45) is 7.36. The zero-order chi connectivity index (χ0) is 65.0. The van der Waals surface area contributed by atoms with E-state index in [4.69, 9.17) is 68.0 Å². The predicted molar refractivity (Wildman–Crippen MR) is 321 cm³/mol. The quantitative estimate of drug-likeness (QED) is 0.0603. The Bertz CT molecular complexity index is 3560. The van der Waals surface area contributed by atoms with Gasteiger partial charge in [-0.15, -0.1) is 0 Å². The van der Waals surface area contributed by atoms with Crippen LogP contribution in [0, 0.1) is 23.3 Å². The van der Waals surface area contributed by atoms with Gasteiger partial charge in [-0.05, 0) is 76.9 Å². The molecule has 9 heterocycles. The molecule has 2 aromatic carbocycles. The number of urea groups is 1. The molecule has 4 amide bonds. The maximum absolute atomic E-state index is 13.6. The average molecular weight is 1370 g/mol. The van der Waals surface area contributed by atoms with Crippen molar-refractivity contribution < 1.29 is 79.5 Å². The standard InChI is InChI=1S/C19H17ClF2N4O4S.C14H19ClN2O5S.C13H10F2N4O.C9H11ClN2O3S/c1-2-29-17(27)15-16(20)31-18(24-15)30-13-8-25(9-13)19(28)26-14(3-4-23-26)10-5-11(21)7-12(22)6-10;1-5-20-11(18)9-10(15)23-12(16-9)21-8-6-17(7-8)13(19)22-14(2,3)4;14-10-5-9(6-11(15)7-10)12-1-2-17-19(12)13(20)18-4-3-16-8-18;1-2-14-8(13)6-7(10)16-9(12-6)15-5-3-11-4-5/h4-7,13-14H,2-3,8-9H2,1H3;8H,5-7H2,1-4H3;2-8,12H,1H2;5,11H,2-4H2,1H3/t14-;;12-;/m0.0./s1. The Labute approximate surface area is 538 Å². The smallest absolute Gasteiger partial charge is 0.410 e. The summed E-state index contributed by atoms with van der Waals surface area (Å²) in [6, 6.07) is 4.45. The SMILES string of the molecule is CCOC(=O)c1nc(OC2CN(C(=O)N3N=CC[C@H]3c3cc(F)cc(F)c3)C2)sc1Cl.CCOC(=O)c1nc(OC2CN(C(=O)OC(C)(C)C)C2)sc1Cl.CCOC(=O)c1nc(OC2CNC2)sc1Cl.O=C(N1N=CC[C@H]1c1cc(F)cc(F)c1)n1ccnc1. The van der Waals surface area contributed by atoms with E-state index >= 15 is 0 Å². The number of nitrogens with zero attached hydrogens (tertiary/aromatic N) is 11. The summed E-state index contributed by atoms with van der Waals surface area (Å²) >= 11 is 21.1. The normalized spacial score (nSPS) is 16.9. The fourth-order valence-corrected chi connectivity index (χ4v) is 11.4. The fourth-order valence-electron chi connectivity index (χ4n) is 8.33. The van der Waals surface area contributed by atoms with Crippen LogP contribution in [-0.2, 0) is 18.9 Å². The van der Waals surface area contributed by atoms with Gasteiger partial charge in [0.15, 0.2) is 17.1 Å². The zero-order valence-corrected chi connectivity index (χ0v) is 53.3. The maximum Gasteiger partial charge on any atom is 0.410 e. The summed E-state index contributed by atoms with van der Waals surface area (Å²) in [5.41, 5.74) is 0.356. The highest BCUT2D eigenvalue weighted by Crippen LogP contribution is 2.37. The molecule has 6 aromatic rings. The minimum Gasteiger partial charge on any atom is -0.464 e. The van der Waals surface area contributed by atoms with E-state index in [1.165, 1.54) is 73.6 Å². The van der Waals surface area contributed by atoms with Gasteiger partial charge in [-0.1, -0.05) is 68.8 Å². The van der Waals surface area contributed by atoms with Crippen LogP contribution >= 0.6 is 68.8 Å². The number of nitrogens with one attached hydrogen (secondary N) is 1. The summed E-state index contributed by atoms with van der Waals surface area (Å²) in [5, 5.41) is 14.4. The van der Waals surface area contributed by atoms with Crippen molar-refractivity contribution in [2.24, 2.45) is 10.2 Å². The van der Waals surface area contributed by atoms with Crippen LogP contribution in [0.5, 0.6) is 15.6 Å². The van der Waals surface area contributed by atoms with Gasteiger partial charge in [-0.3, -0.25) is 4.57 Å². The van der Waals surface area contributed by atoms with Crippen LogP contribution in [0.15, 0.2) is 65.3 Å². The average Bonchev–Trinajstić information content (AvgIpc) is 1.70. The number of halogens is 7. The number of ether oxygens (including phenoxy) is 7. The summed E-state index contributed by atoms with van der Waals surface area (Å²) in [7, 11) is 0. The van der Waals surface area contributed by atoms with Gasteiger partial charge < -0.3 is 48.3 Å². The molecule has 5 aliphatic heterocycles. The Balaban J connectivity index is 0.000000159. The van der Waals surface area contributed by atoms with E-state index < -0.39 is 70.9 Å². The van der Waals surface area contributed by atoms with Crippen molar-refractivity contribution in [2.75, 3.05) is 59.1 Å². The molecule has 35 heteroatoms. The lowest BCUT2D eigenvalue weighted by atomic mass is 10.0. The first-order valence-corrected chi connectivity index (χ1v) is 31.0. The summed E-state index contributed by atoms with van der Waals surface area (Å²) < 4.78 is 92.3. The molecule has 482 valence electrons. The fraction of sp³-hybridized carbons (Fsp3) is 0.418. The van der Waals surface area contributed by atoms with Crippen LogP contribution in [0.2, 0.25) is 13.0 Å². The van der Waals surface area contributed by atoms with Crippen molar-refractivity contribution in [2.45, 2.75) is 90.4 Å². The van der Waals surface area contributed by atoms with Gasteiger partial charge >= 0.3 is 36.1 Å². The summed E-state index contributed by atoms with van der Waals surface area (Å²) in [4.78, 5) is 90.6. The van der Waals surface area contributed by atoms with Crippen molar-refractivity contribution in [3.63, 3.8) is 0 Å². The van der Waals surface area contributed by atoms with Crippen LogP contribution in [0.3, 0.4) is 0 Å². The first-order valence-electron chi connectivity index (χ1n) is 27.5. The van der Waals surface area contributed by atoms with Gasteiger partial charge in [0.2, 0.25) is 0 Å². The van der Waals surface area contributed by atoms with Crippen molar-refractivity contribution in [3.8, 4) is 15.6 Å². The number of hydrogen-bond donors (Lipinski definition) is 1. The minimum atomic E-state index is -0.712. The number of carbonyl (C=O) groups is 6. The van der Waals surface area contributed by atoms with Crippen molar-refractivity contribution in [1.82, 2.24) is 49.6 Å². The highest BCUT2D eigenvalue weighted by atomic mass is 35.5. The van der Waals surface area contributed by atoms with Gasteiger partial charge in [0, 0.05) is 62.9 Å². The first-order chi connectivity index (χ1) is 42.9. The number of imidazole rings is 1. The molecular formula is C55H57Cl3F4N12O13S3. The van der Waals surface area contributed by atoms with Gasteiger partial charge in [0.05, 0.1) is 58.1 Å². The minimum absolute atomic E-state index is 0.00709. The third kappa shape index (κ3) is 18.0. The number of hydrogen-bond acceptors (Lipinski definition) is 23. The summed E-state index contributed by atoms with van der Waals surface area (Å²) in [5.74, 6) is -4.50. The van der Waals surface area contributed by atoms with E-state index in [0.717, 1.165) is 59.2 Å². The zero-order valence-electron chi connectivity index (χ0n) is 48.6. The van der Waals surface area contributed by atoms with E-state index in [9.17, 15) is 46.3 Å². The van der Waals surface area contributed by atoms with Crippen LogP contribution in [0.1, 0.15) is 109 Å². The van der Waals surface area contributed by atoms with Gasteiger partial charge in [0.1, 0.15) is 66.5 Å². The van der Waals surface area contributed by atoms with Crippen molar-refractivity contribution in [3.05, 3.63) is 120 Å². The number of likely N-dealkylation sites (tertiary alicyclic amines) is 2. The highest BCUT2D eigenvalue weighted by Gasteiger charge is 2.41. The molecule has 0 radical (unpaired) electrons. The number of hydrazone groups is 2. The molecule has 3 fully saturated rings. The molecule has 90 heavy (non-hydrogen) atoms. The lowest BCUT2D eigenvalue weighted by Gasteiger charge is -2.40. The molecule has 3 saturated heterocycles. The Morgan fingerprint density at radius 3 is 1.32 bits per heavy atom. The molecule has 1 N–H and O–H groups in total. The monoisotopic (exact) mass is 1370 g/mol. The summed E-state index contributed by atoms with van der Waals surface area (Å²) in [6.45, 7) is 14.2. The topological polar surface area (TPSA) is 273 Å². The van der Waals surface area contributed by atoms with Crippen LogP contribution in [0.25, 0.3) is 0 Å². The maximum atomic E-state index is 13.6. The van der Waals surface area contributed by atoms with Crippen LogP contribution in [0.4, 0.5) is 31.9 Å². The van der Waals surface area contributed by atoms with E-state index in [1.807, 2.05) is 20.8 Å². The molecule has 0 aliphatic carbocycles. The second kappa shape index (κ2) is 30.8. The van der Waals surface area contributed by atoms with E-state index in [-0.39, 0.29) is 86.9 Å². The molecule has 25 nitrogen and oxygen atoms in total. The molecule has 5 aliphatic rings. The van der Waals surface area contributed by atoms with Crippen LogP contribution < -0.4 is 19.5 Å². The second-order valence-corrected chi connectivity index (χ2v) is 25.1. The number of amides is 4. The van der Waals surface area contributed by atoms with Gasteiger partial charge in [0.25, 0.3) is 15.6 Å². The Morgan fingerprint density at radius 1 is 0.578 bits per heavy atom. The van der Waals surface area contributed by atoms with Crippen LogP contribution in [-0.4, -0.2) is 176 Å². The lowest BCUT2D eigenvalue weighted by molar-refractivity contribution is -0.0222. The number of carbonyl (C=O) groups excluding carboxylic acids is 6. The number of thiazole rings is 3. The highest BCUT2D eigenvalue weighted by molar-refractivity contribution is 7.18. The first kappa shape index (κ1) is 68.2. The largest absolute Gasteiger partial charge is 0.464 e. The van der Waals surface area contributed by atoms with E-state index in [2.05, 4.69) is 35.5 Å². The van der Waals surface area contributed by atoms with Crippen molar-refractivity contribution >= 4 is 117 Å². The lowest BCUT2D eigenvalue weighted by Crippen LogP contribution is -2.58. The molecule has 0 bridgehead atoms. The second-order valence-electron chi connectivity index (χ2n) is 20.4. The van der Waals surface area contributed by atoms with Gasteiger partial charge in [-0.2, -0.15) is 25.2 Å². The Morgan fingerprint density at radius 2 is 0.967 bits per heavy atom. The van der Waals surface area contributed by atoms with E-state index in [1.54, 1.807) is 27.0 Å². The number of benzene rings is 2. The molecular weight excluding hydrogens is 1320 g/mol.